The van der Waals surface area contributed by atoms with E-state index in [4.69, 9.17) is 25.5 Å². The smallest absolute Gasteiger partial charge is 0.248 e. The van der Waals surface area contributed by atoms with Crippen molar-refractivity contribution in [2.24, 2.45) is 0 Å². The Bertz CT molecular complexity index is 644. The van der Waals surface area contributed by atoms with Gasteiger partial charge in [0.25, 0.3) is 0 Å². The second kappa shape index (κ2) is 5.11. The number of ether oxygens (including phenoxy) is 2. The predicted molar refractivity (Wildman–Crippen MR) is 76.3 cm³/mol. The van der Waals surface area contributed by atoms with Gasteiger partial charge < -0.3 is 13.9 Å². The van der Waals surface area contributed by atoms with E-state index in [1.807, 2.05) is 26.0 Å². The molecule has 1 aliphatic rings. The maximum atomic E-state index is 6.05. The van der Waals surface area contributed by atoms with E-state index in [2.05, 4.69) is 26.1 Å². The van der Waals surface area contributed by atoms with Gasteiger partial charge in [-0.3, -0.25) is 0 Å². The van der Waals surface area contributed by atoms with Gasteiger partial charge in [-0.05, 0) is 48.0 Å². The predicted octanol–water partition coefficient (Wildman–Crippen LogP) is 3.98. The fourth-order valence-electron chi connectivity index (χ4n) is 1.92. The monoisotopic (exact) mass is 358 g/mol. The lowest BCUT2D eigenvalue weighted by atomic mass is 10.2. The van der Waals surface area contributed by atoms with E-state index < -0.39 is 5.79 Å². The van der Waals surface area contributed by atoms with Crippen molar-refractivity contribution in [1.29, 1.82) is 0 Å². The van der Waals surface area contributed by atoms with Gasteiger partial charge in [-0.2, -0.15) is 0 Å². The molecule has 0 saturated carbocycles. The van der Waals surface area contributed by atoms with Crippen molar-refractivity contribution in [3.63, 3.8) is 0 Å². The molecule has 5 nitrogen and oxygen atoms in total. The summed E-state index contributed by atoms with van der Waals surface area (Å²) in [6, 6.07) is 5.45. The summed E-state index contributed by atoms with van der Waals surface area (Å²) >= 11 is 9.39. The third-order valence-electron chi connectivity index (χ3n) is 2.89. The van der Waals surface area contributed by atoms with Gasteiger partial charge in [0.05, 0.1) is 11.6 Å². The molecule has 1 aromatic carbocycles. The van der Waals surface area contributed by atoms with Crippen LogP contribution in [0.25, 0.3) is 11.5 Å². The standard InChI is InChI=1S/C13H12BrClN2O3/c1-13(2)18-6-10(20-13)12-17-16-11(19-12)7-3-4-8(14)9(15)5-7/h3-5,10H,6H2,1-2H3. The molecule has 2 heterocycles. The summed E-state index contributed by atoms with van der Waals surface area (Å²) in [6.07, 6.45) is -0.336. The van der Waals surface area contributed by atoms with E-state index >= 15 is 0 Å². The SMILES string of the molecule is CC1(C)OCC(c2nnc(-c3ccc(Br)c(Cl)c3)o2)O1. The van der Waals surface area contributed by atoms with Gasteiger partial charge in [0, 0.05) is 10.0 Å². The summed E-state index contributed by atoms with van der Waals surface area (Å²) in [5.41, 5.74) is 0.759. The minimum atomic E-state index is -0.625. The molecular formula is C13H12BrClN2O3. The van der Waals surface area contributed by atoms with E-state index in [0.717, 1.165) is 10.0 Å². The third-order valence-corrected chi connectivity index (χ3v) is 4.12. The Morgan fingerprint density at radius 2 is 2.15 bits per heavy atom. The zero-order valence-corrected chi connectivity index (χ0v) is 13.2. The van der Waals surface area contributed by atoms with E-state index in [1.54, 1.807) is 6.07 Å². The maximum absolute atomic E-state index is 6.05. The zero-order chi connectivity index (χ0) is 14.3. The lowest BCUT2D eigenvalue weighted by Gasteiger charge is -2.15. The normalized spacial score (nSPS) is 21.3. The molecule has 0 spiro atoms. The molecule has 1 saturated heterocycles. The molecular weight excluding hydrogens is 348 g/mol. The summed E-state index contributed by atoms with van der Waals surface area (Å²) in [5.74, 6) is 0.188. The first-order chi connectivity index (χ1) is 9.44. The molecule has 0 bridgehead atoms. The molecule has 0 amide bonds. The van der Waals surface area contributed by atoms with Gasteiger partial charge in [0.2, 0.25) is 11.8 Å². The maximum Gasteiger partial charge on any atom is 0.248 e. The fourth-order valence-corrected chi connectivity index (χ4v) is 2.35. The highest BCUT2D eigenvalue weighted by Crippen LogP contribution is 2.34. The van der Waals surface area contributed by atoms with E-state index in [1.165, 1.54) is 0 Å². The largest absolute Gasteiger partial charge is 0.418 e. The molecule has 1 atom stereocenters. The first-order valence-electron chi connectivity index (χ1n) is 6.05. The average molecular weight is 360 g/mol. The quantitative estimate of drug-likeness (QED) is 0.812. The number of aromatic nitrogens is 2. The molecule has 0 aliphatic carbocycles. The minimum Gasteiger partial charge on any atom is -0.418 e. The molecule has 0 radical (unpaired) electrons. The highest BCUT2D eigenvalue weighted by atomic mass is 79.9. The van der Waals surface area contributed by atoms with E-state index in [0.29, 0.717) is 23.4 Å². The van der Waals surface area contributed by atoms with Crippen LogP contribution in [-0.2, 0) is 9.47 Å². The molecule has 1 unspecified atom stereocenters. The summed E-state index contributed by atoms with van der Waals surface area (Å²) in [4.78, 5) is 0. The molecule has 0 N–H and O–H groups in total. The molecule has 20 heavy (non-hydrogen) atoms. The molecule has 106 valence electrons. The highest BCUT2D eigenvalue weighted by molar-refractivity contribution is 9.10. The number of hydrogen-bond donors (Lipinski definition) is 0. The Hall–Kier alpha value is -0.950. The fraction of sp³-hybridized carbons (Fsp3) is 0.385. The zero-order valence-electron chi connectivity index (χ0n) is 10.9. The first kappa shape index (κ1) is 14.0. The van der Waals surface area contributed by atoms with E-state index in [9.17, 15) is 0 Å². The highest BCUT2D eigenvalue weighted by Gasteiger charge is 2.36. The van der Waals surface area contributed by atoms with E-state index in [-0.39, 0.29) is 6.10 Å². The Balaban J connectivity index is 1.85. The molecule has 3 rings (SSSR count). The Morgan fingerprint density at radius 3 is 2.80 bits per heavy atom. The number of halogens is 2. The van der Waals surface area contributed by atoms with Crippen molar-refractivity contribution < 1.29 is 13.9 Å². The average Bonchev–Trinajstić information content (AvgIpc) is 2.99. The minimum absolute atomic E-state index is 0.336. The number of benzene rings is 1. The molecule has 1 fully saturated rings. The van der Waals surface area contributed by atoms with Gasteiger partial charge in [0.1, 0.15) is 0 Å². The first-order valence-corrected chi connectivity index (χ1v) is 7.22. The van der Waals surface area contributed by atoms with Crippen LogP contribution in [0.1, 0.15) is 25.8 Å². The van der Waals surface area contributed by atoms with Crippen molar-refractivity contribution in [1.82, 2.24) is 10.2 Å². The van der Waals surface area contributed by atoms with Gasteiger partial charge in [0.15, 0.2) is 11.9 Å². The van der Waals surface area contributed by atoms with Crippen LogP contribution in [0.2, 0.25) is 5.02 Å². The second-order valence-corrected chi connectivity index (χ2v) is 6.15. The Morgan fingerprint density at radius 1 is 1.35 bits per heavy atom. The number of rotatable bonds is 2. The topological polar surface area (TPSA) is 57.4 Å². The van der Waals surface area contributed by atoms with Crippen molar-refractivity contribution in [3.05, 3.63) is 33.6 Å². The molecule has 7 heteroatoms. The van der Waals surface area contributed by atoms with Gasteiger partial charge >= 0.3 is 0 Å². The van der Waals surface area contributed by atoms with Crippen molar-refractivity contribution in [2.75, 3.05) is 6.61 Å². The van der Waals surface area contributed by atoms with Crippen molar-refractivity contribution >= 4 is 27.5 Å². The van der Waals surface area contributed by atoms with Crippen LogP contribution in [0.5, 0.6) is 0 Å². The van der Waals surface area contributed by atoms with Crippen molar-refractivity contribution in [2.45, 2.75) is 25.7 Å². The molecule has 1 aliphatic heterocycles. The van der Waals surface area contributed by atoms with Crippen LogP contribution >= 0.6 is 27.5 Å². The van der Waals surface area contributed by atoms with Crippen LogP contribution in [0, 0.1) is 0 Å². The van der Waals surface area contributed by atoms with Gasteiger partial charge in [-0.1, -0.05) is 11.6 Å². The Kier molecular flexibility index (Phi) is 3.58. The number of hydrogen-bond acceptors (Lipinski definition) is 5. The van der Waals surface area contributed by atoms with Crippen LogP contribution in [0.4, 0.5) is 0 Å². The number of nitrogens with zero attached hydrogens (tertiary/aromatic N) is 2. The summed E-state index contributed by atoms with van der Waals surface area (Å²) in [6.45, 7) is 4.09. The second-order valence-electron chi connectivity index (χ2n) is 4.89. The summed E-state index contributed by atoms with van der Waals surface area (Å²) < 4.78 is 17.6. The van der Waals surface area contributed by atoms with Gasteiger partial charge in [-0.25, -0.2) is 0 Å². The van der Waals surface area contributed by atoms with Crippen LogP contribution < -0.4 is 0 Å². The summed E-state index contributed by atoms with van der Waals surface area (Å²) in [7, 11) is 0. The van der Waals surface area contributed by atoms with Crippen molar-refractivity contribution in [3.8, 4) is 11.5 Å². The van der Waals surface area contributed by atoms with Crippen LogP contribution in [-0.4, -0.2) is 22.6 Å². The van der Waals surface area contributed by atoms with Gasteiger partial charge in [-0.15, -0.1) is 10.2 Å². The van der Waals surface area contributed by atoms with Crippen LogP contribution in [0.3, 0.4) is 0 Å². The lowest BCUT2D eigenvalue weighted by molar-refractivity contribution is -0.141. The Labute approximate surface area is 129 Å². The molecule has 1 aromatic heterocycles. The molecule has 2 aromatic rings. The third kappa shape index (κ3) is 2.74. The lowest BCUT2D eigenvalue weighted by Crippen LogP contribution is -2.19. The summed E-state index contributed by atoms with van der Waals surface area (Å²) in [5, 5.41) is 8.63. The van der Waals surface area contributed by atoms with Crippen LogP contribution in [0.15, 0.2) is 27.1 Å².